The number of nitrogens with zero attached hydrogens (tertiary/aromatic N) is 2. The molecule has 1 aliphatic carbocycles. The Balaban J connectivity index is 2.02. The largest absolute Gasteiger partial charge is 0.396 e. The maximum Gasteiger partial charge on any atom is 0.229 e. The lowest BCUT2D eigenvalue weighted by molar-refractivity contribution is 0.292. The van der Waals surface area contributed by atoms with E-state index in [0.717, 1.165) is 19.3 Å². The highest BCUT2D eigenvalue weighted by molar-refractivity contribution is 4.99. The van der Waals surface area contributed by atoms with Crippen LogP contribution in [0.3, 0.4) is 0 Å². The first kappa shape index (κ1) is 9.61. The molecule has 1 aromatic heterocycles. The Morgan fingerprint density at radius 3 is 3.00 bits per heavy atom. The molecule has 0 radical (unpaired) electrons. The molecule has 0 saturated heterocycles. The number of hydrogen-bond donors (Lipinski definition) is 2. The fourth-order valence-corrected chi connectivity index (χ4v) is 1.88. The summed E-state index contributed by atoms with van der Waals surface area (Å²) in [5.74, 6) is 1.59. The van der Waals surface area contributed by atoms with Crippen molar-refractivity contribution in [2.24, 2.45) is 5.73 Å². The SMILES string of the molecule is N[C@H]1CC[C@@H](c2nc(CCO)no2)C1. The predicted octanol–water partition coefficient (Wildman–Crippen LogP) is 0.199. The van der Waals surface area contributed by atoms with Crippen molar-refractivity contribution in [2.45, 2.75) is 37.6 Å². The number of nitrogens with two attached hydrogens (primary N) is 1. The van der Waals surface area contributed by atoms with E-state index in [1.54, 1.807) is 0 Å². The zero-order chi connectivity index (χ0) is 9.97. The minimum absolute atomic E-state index is 0.0587. The van der Waals surface area contributed by atoms with Crippen LogP contribution in [0.1, 0.15) is 36.9 Å². The van der Waals surface area contributed by atoms with Crippen LogP contribution in [-0.4, -0.2) is 27.9 Å². The van der Waals surface area contributed by atoms with Crippen molar-refractivity contribution in [2.75, 3.05) is 6.61 Å². The molecule has 3 N–H and O–H groups in total. The van der Waals surface area contributed by atoms with Gasteiger partial charge in [-0.15, -0.1) is 0 Å². The van der Waals surface area contributed by atoms with Crippen molar-refractivity contribution in [3.05, 3.63) is 11.7 Å². The Kier molecular flexibility index (Phi) is 2.79. The van der Waals surface area contributed by atoms with Gasteiger partial charge in [0.1, 0.15) is 0 Å². The topological polar surface area (TPSA) is 85.2 Å². The molecule has 5 heteroatoms. The van der Waals surface area contributed by atoms with Gasteiger partial charge in [-0.05, 0) is 19.3 Å². The Hall–Kier alpha value is -0.940. The van der Waals surface area contributed by atoms with Crippen molar-refractivity contribution < 1.29 is 9.63 Å². The minimum atomic E-state index is 0.0587. The van der Waals surface area contributed by atoms with Crippen LogP contribution in [0.2, 0.25) is 0 Å². The summed E-state index contributed by atoms with van der Waals surface area (Å²) < 4.78 is 5.12. The van der Waals surface area contributed by atoms with E-state index >= 15 is 0 Å². The summed E-state index contributed by atoms with van der Waals surface area (Å²) in [4.78, 5) is 4.22. The maximum atomic E-state index is 8.69. The highest BCUT2D eigenvalue weighted by Gasteiger charge is 2.27. The van der Waals surface area contributed by atoms with Gasteiger partial charge in [0.25, 0.3) is 0 Å². The lowest BCUT2D eigenvalue weighted by Crippen LogP contribution is -2.14. The second-order valence-electron chi connectivity index (χ2n) is 3.79. The van der Waals surface area contributed by atoms with Crippen molar-refractivity contribution >= 4 is 0 Å². The van der Waals surface area contributed by atoms with Crippen LogP contribution in [0.5, 0.6) is 0 Å². The maximum absolute atomic E-state index is 8.69. The van der Waals surface area contributed by atoms with Gasteiger partial charge in [0.05, 0.1) is 6.61 Å². The lowest BCUT2D eigenvalue weighted by atomic mass is 10.1. The molecule has 5 nitrogen and oxygen atoms in total. The van der Waals surface area contributed by atoms with Gasteiger partial charge in [-0.3, -0.25) is 0 Å². The third-order valence-electron chi connectivity index (χ3n) is 2.64. The summed E-state index contributed by atoms with van der Waals surface area (Å²) in [6, 6.07) is 0.271. The first-order valence-corrected chi connectivity index (χ1v) is 4.98. The van der Waals surface area contributed by atoms with Crippen LogP contribution < -0.4 is 5.73 Å². The minimum Gasteiger partial charge on any atom is -0.396 e. The van der Waals surface area contributed by atoms with Crippen LogP contribution in [0.25, 0.3) is 0 Å². The summed E-state index contributed by atoms with van der Waals surface area (Å²) in [5, 5.41) is 12.5. The average molecular weight is 197 g/mol. The zero-order valence-electron chi connectivity index (χ0n) is 8.02. The van der Waals surface area contributed by atoms with Gasteiger partial charge in [-0.1, -0.05) is 5.16 Å². The standard InChI is InChI=1S/C9H15N3O2/c10-7-2-1-6(5-7)9-11-8(3-4-13)12-14-9/h6-7,13H,1-5,10H2/t6-,7+/m1/s1. The molecule has 2 rings (SSSR count). The van der Waals surface area contributed by atoms with Crippen molar-refractivity contribution in [1.82, 2.24) is 10.1 Å². The van der Waals surface area contributed by atoms with Gasteiger partial charge in [0.2, 0.25) is 5.89 Å². The van der Waals surface area contributed by atoms with E-state index in [-0.39, 0.29) is 12.6 Å². The molecule has 1 saturated carbocycles. The number of aliphatic hydroxyl groups is 1. The van der Waals surface area contributed by atoms with E-state index in [4.69, 9.17) is 15.4 Å². The first-order chi connectivity index (χ1) is 6.79. The van der Waals surface area contributed by atoms with Crippen LogP contribution in [0, 0.1) is 0 Å². The molecular weight excluding hydrogens is 182 g/mol. The molecule has 1 heterocycles. The molecule has 0 bridgehead atoms. The fraction of sp³-hybridized carbons (Fsp3) is 0.778. The summed E-state index contributed by atoms with van der Waals surface area (Å²) in [6.07, 6.45) is 3.45. The van der Waals surface area contributed by atoms with E-state index in [1.807, 2.05) is 0 Å². The van der Waals surface area contributed by atoms with E-state index in [9.17, 15) is 0 Å². The Morgan fingerprint density at radius 1 is 1.50 bits per heavy atom. The van der Waals surface area contributed by atoms with E-state index in [0.29, 0.717) is 24.1 Å². The zero-order valence-corrected chi connectivity index (χ0v) is 8.02. The highest BCUT2D eigenvalue weighted by Crippen LogP contribution is 2.32. The second kappa shape index (κ2) is 4.06. The van der Waals surface area contributed by atoms with Crippen LogP contribution in [0.4, 0.5) is 0 Å². The number of rotatable bonds is 3. The van der Waals surface area contributed by atoms with Crippen LogP contribution in [0.15, 0.2) is 4.52 Å². The molecule has 1 aliphatic rings. The first-order valence-electron chi connectivity index (χ1n) is 4.98. The van der Waals surface area contributed by atoms with Gasteiger partial charge in [-0.25, -0.2) is 0 Å². The molecule has 1 fully saturated rings. The van der Waals surface area contributed by atoms with Gasteiger partial charge in [0.15, 0.2) is 5.82 Å². The van der Waals surface area contributed by atoms with E-state index in [2.05, 4.69) is 10.1 Å². The van der Waals surface area contributed by atoms with Crippen molar-refractivity contribution in [1.29, 1.82) is 0 Å². The average Bonchev–Trinajstić information content (AvgIpc) is 2.74. The van der Waals surface area contributed by atoms with Gasteiger partial charge >= 0.3 is 0 Å². The third kappa shape index (κ3) is 1.93. The van der Waals surface area contributed by atoms with Gasteiger partial charge in [-0.2, -0.15) is 4.98 Å². The highest BCUT2D eigenvalue weighted by atomic mass is 16.5. The molecule has 1 aromatic rings. The normalized spacial score (nSPS) is 27.0. The van der Waals surface area contributed by atoms with Crippen LogP contribution in [-0.2, 0) is 6.42 Å². The molecule has 14 heavy (non-hydrogen) atoms. The summed E-state index contributed by atoms with van der Waals surface area (Å²) in [6.45, 7) is 0.0587. The Labute approximate surface area is 82.3 Å². The monoisotopic (exact) mass is 197 g/mol. The number of hydrogen-bond acceptors (Lipinski definition) is 5. The Morgan fingerprint density at radius 2 is 2.36 bits per heavy atom. The number of aliphatic hydroxyl groups excluding tert-OH is 1. The molecular formula is C9H15N3O2. The van der Waals surface area contributed by atoms with Crippen LogP contribution >= 0.6 is 0 Å². The summed E-state index contributed by atoms with van der Waals surface area (Å²) in [7, 11) is 0. The molecule has 2 atom stereocenters. The Bertz CT molecular complexity index is 300. The predicted molar refractivity (Wildman–Crippen MR) is 49.7 cm³/mol. The molecule has 0 amide bonds. The molecule has 0 aliphatic heterocycles. The smallest absolute Gasteiger partial charge is 0.229 e. The van der Waals surface area contributed by atoms with Gasteiger partial charge < -0.3 is 15.4 Å². The summed E-state index contributed by atoms with van der Waals surface area (Å²) in [5.41, 5.74) is 5.80. The molecule has 78 valence electrons. The van der Waals surface area contributed by atoms with E-state index < -0.39 is 0 Å². The van der Waals surface area contributed by atoms with Crippen molar-refractivity contribution in [3.63, 3.8) is 0 Å². The van der Waals surface area contributed by atoms with E-state index in [1.165, 1.54) is 0 Å². The third-order valence-corrected chi connectivity index (χ3v) is 2.64. The lowest BCUT2D eigenvalue weighted by Gasteiger charge is -2.01. The fourth-order valence-electron chi connectivity index (χ4n) is 1.88. The molecule has 0 spiro atoms. The summed E-state index contributed by atoms with van der Waals surface area (Å²) >= 11 is 0. The van der Waals surface area contributed by atoms with Crippen molar-refractivity contribution in [3.8, 4) is 0 Å². The van der Waals surface area contributed by atoms with Gasteiger partial charge in [0, 0.05) is 18.4 Å². The quantitative estimate of drug-likeness (QED) is 0.723. The molecule has 0 aromatic carbocycles. The second-order valence-corrected chi connectivity index (χ2v) is 3.79. The molecule has 0 unspecified atom stereocenters. The number of aromatic nitrogens is 2.